The fourth-order valence-electron chi connectivity index (χ4n) is 3.32. The van der Waals surface area contributed by atoms with E-state index < -0.39 is 0 Å². The van der Waals surface area contributed by atoms with Crippen LogP contribution in [0.4, 0.5) is 0 Å². The fraction of sp³-hybridized carbons (Fsp3) is 0.619. The first-order valence-corrected chi connectivity index (χ1v) is 11.1. The van der Waals surface area contributed by atoms with Crippen molar-refractivity contribution in [1.29, 1.82) is 0 Å². The van der Waals surface area contributed by atoms with Crippen LogP contribution in [0.3, 0.4) is 0 Å². The maximum absolute atomic E-state index is 12.5. The molecule has 6 heteroatoms. The molecule has 1 fully saturated rings. The highest BCUT2D eigenvalue weighted by atomic mass is 32.2. The highest BCUT2D eigenvalue weighted by Gasteiger charge is 2.14. The van der Waals surface area contributed by atoms with Gasteiger partial charge in [0.15, 0.2) is 0 Å². The summed E-state index contributed by atoms with van der Waals surface area (Å²) >= 11 is 1.40. The van der Waals surface area contributed by atoms with Gasteiger partial charge in [0.05, 0.1) is 11.3 Å². The van der Waals surface area contributed by atoms with Gasteiger partial charge in [-0.25, -0.2) is 0 Å². The molecule has 0 unspecified atom stereocenters. The smallest absolute Gasteiger partial charge is 0.252 e. The largest absolute Gasteiger partial charge is 0.353 e. The molecule has 150 valence electrons. The van der Waals surface area contributed by atoms with E-state index in [1.54, 1.807) is 0 Å². The van der Waals surface area contributed by atoms with Crippen LogP contribution in [0.1, 0.15) is 62.7 Å². The molecule has 2 rings (SSSR count). The third-order valence-corrected chi connectivity index (χ3v) is 5.71. The van der Waals surface area contributed by atoms with Gasteiger partial charge in [-0.2, -0.15) is 0 Å². The Kier molecular flexibility index (Phi) is 9.70. The zero-order chi connectivity index (χ0) is 19.5. The summed E-state index contributed by atoms with van der Waals surface area (Å²) in [6.07, 6.45) is 7.78. The highest BCUT2D eigenvalue weighted by Crippen LogP contribution is 2.22. The van der Waals surface area contributed by atoms with Crippen molar-refractivity contribution in [3.8, 4) is 0 Å². The van der Waals surface area contributed by atoms with Crippen LogP contribution in [-0.4, -0.2) is 42.7 Å². The lowest BCUT2D eigenvalue weighted by atomic mass is 10.1. The average molecular weight is 392 g/mol. The lowest BCUT2D eigenvalue weighted by Crippen LogP contribution is -2.37. The SMILES string of the molecule is CC(C)NC(=O)CSc1ccccc1C(=O)NCCNC1CCCCCC1. The van der Waals surface area contributed by atoms with Crippen LogP contribution in [0.2, 0.25) is 0 Å². The summed E-state index contributed by atoms with van der Waals surface area (Å²) in [6, 6.07) is 8.18. The van der Waals surface area contributed by atoms with Crippen molar-refractivity contribution in [2.24, 2.45) is 0 Å². The Balaban J connectivity index is 1.77. The molecule has 1 saturated carbocycles. The molecule has 27 heavy (non-hydrogen) atoms. The maximum Gasteiger partial charge on any atom is 0.252 e. The van der Waals surface area contributed by atoms with Crippen molar-refractivity contribution in [2.45, 2.75) is 69.4 Å². The molecule has 0 saturated heterocycles. The Morgan fingerprint density at radius 3 is 2.48 bits per heavy atom. The number of carbonyl (C=O) groups excluding carboxylic acids is 2. The van der Waals surface area contributed by atoms with E-state index in [1.165, 1.54) is 50.3 Å². The number of hydrogen-bond acceptors (Lipinski definition) is 4. The van der Waals surface area contributed by atoms with Gasteiger partial charge < -0.3 is 16.0 Å². The van der Waals surface area contributed by atoms with Crippen LogP contribution in [-0.2, 0) is 4.79 Å². The molecule has 0 aromatic heterocycles. The topological polar surface area (TPSA) is 70.2 Å². The fourth-order valence-corrected chi connectivity index (χ4v) is 4.18. The molecule has 1 aliphatic carbocycles. The van der Waals surface area contributed by atoms with Gasteiger partial charge in [0.2, 0.25) is 5.91 Å². The van der Waals surface area contributed by atoms with E-state index >= 15 is 0 Å². The molecule has 5 nitrogen and oxygen atoms in total. The number of rotatable bonds is 9. The zero-order valence-electron chi connectivity index (χ0n) is 16.6. The van der Waals surface area contributed by atoms with E-state index in [9.17, 15) is 9.59 Å². The Labute approximate surface area is 167 Å². The van der Waals surface area contributed by atoms with Crippen LogP contribution in [0.15, 0.2) is 29.2 Å². The van der Waals surface area contributed by atoms with Crippen molar-refractivity contribution in [2.75, 3.05) is 18.8 Å². The molecule has 0 atom stereocenters. The van der Waals surface area contributed by atoms with E-state index in [0.29, 0.717) is 23.9 Å². The second-order valence-corrected chi connectivity index (χ2v) is 8.42. The lowest BCUT2D eigenvalue weighted by molar-refractivity contribution is -0.119. The predicted molar refractivity (Wildman–Crippen MR) is 112 cm³/mol. The van der Waals surface area contributed by atoms with Crippen LogP contribution >= 0.6 is 11.8 Å². The molecule has 0 heterocycles. The molecule has 3 N–H and O–H groups in total. The molecule has 0 bridgehead atoms. The minimum Gasteiger partial charge on any atom is -0.353 e. The monoisotopic (exact) mass is 391 g/mol. The summed E-state index contributed by atoms with van der Waals surface area (Å²) in [7, 11) is 0. The Bertz CT molecular complexity index is 599. The van der Waals surface area contributed by atoms with Gasteiger partial charge in [-0.1, -0.05) is 37.8 Å². The summed E-state index contributed by atoms with van der Waals surface area (Å²) in [5, 5.41) is 9.44. The first-order chi connectivity index (χ1) is 13.1. The molecular formula is C21H33N3O2S. The standard InChI is InChI=1S/C21H33N3O2S/c1-16(2)24-20(25)15-27-19-12-8-7-11-18(19)21(26)23-14-13-22-17-9-5-3-4-6-10-17/h7-8,11-12,16-17,22H,3-6,9-10,13-15H2,1-2H3,(H,23,26)(H,24,25). The van der Waals surface area contributed by atoms with E-state index in [-0.39, 0.29) is 17.9 Å². The highest BCUT2D eigenvalue weighted by molar-refractivity contribution is 8.00. The van der Waals surface area contributed by atoms with Crippen molar-refractivity contribution < 1.29 is 9.59 Å². The predicted octanol–water partition coefficient (Wildman–Crippen LogP) is 3.35. The van der Waals surface area contributed by atoms with Gasteiger partial charge >= 0.3 is 0 Å². The van der Waals surface area contributed by atoms with Crippen LogP contribution in [0, 0.1) is 0 Å². The van der Waals surface area contributed by atoms with Gasteiger partial charge in [-0.15, -0.1) is 11.8 Å². The molecule has 1 aliphatic rings. The summed E-state index contributed by atoms with van der Waals surface area (Å²) in [5.41, 5.74) is 0.634. The van der Waals surface area contributed by atoms with Gasteiger partial charge in [0, 0.05) is 30.1 Å². The van der Waals surface area contributed by atoms with Crippen LogP contribution in [0.25, 0.3) is 0 Å². The van der Waals surface area contributed by atoms with Gasteiger partial charge in [-0.05, 0) is 38.8 Å². The number of benzene rings is 1. The second kappa shape index (κ2) is 12.0. The normalized spacial score (nSPS) is 15.4. The number of carbonyl (C=O) groups is 2. The Morgan fingerprint density at radius 1 is 1.07 bits per heavy atom. The summed E-state index contributed by atoms with van der Waals surface area (Å²) < 4.78 is 0. The minimum atomic E-state index is -0.0787. The average Bonchev–Trinajstić information content (AvgIpc) is 2.92. The lowest BCUT2D eigenvalue weighted by Gasteiger charge is -2.16. The van der Waals surface area contributed by atoms with E-state index in [2.05, 4.69) is 16.0 Å². The van der Waals surface area contributed by atoms with Crippen LogP contribution in [0.5, 0.6) is 0 Å². The zero-order valence-corrected chi connectivity index (χ0v) is 17.4. The third-order valence-electron chi connectivity index (χ3n) is 4.64. The molecular weight excluding hydrogens is 358 g/mol. The third kappa shape index (κ3) is 8.35. The number of thioether (sulfide) groups is 1. The second-order valence-electron chi connectivity index (χ2n) is 7.41. The molecule has 1 aromatic carbocycles. The van der Waals surface area contributed by atoms with Gasteiger partial charge in [-0.3, -0.25) is 9.59 Å². The van der Waals surface area contributed by atoms with Crippen LogP contribution < -0.4 is 16.0 Å². The molecule has 1 aromatic rings. The summed E-state index contributed by atoms with van der Waals surface area (Å²) in [5.74, 6) is 0.217. The quantitative estimate of drug-likeness (QED) is 0.343. The van der Waals surface area contributed by atoms with Crippen molar-refractivity contribution in [3.63, 3.8) is 0 Å². The first-order valence-electron chi connectivity index (χ1n) is 10.1. The first kappa shape index (κ1) is 21.8. The molecule has 0 radical (unpaired) electrons. The van der Waals surface area contributed by atoms with Crippen molar-refractivity contribution in [3.05, 3.63) is 29.8 Å². The molecule has 2 amide bonds. The Morgan fingerprint density at radius 2 is 1.78 bits per heavy atom. The van der Waals surface area contributed by atoms with Gasteiger partial charge in [0.25, 0.3) is 5.91 Å². The Hall–Kier alpha value is -1.53. The number of hydrogen-bond donors (Lipinski definition) is 3. The molecule has 0 aliphatic heterocycles. The van der Waals surface area contributed by atoms with E-state index in [1.807, 2.05) is 38.1 Å². The summed E-state index contributed by atoms with van der Waals surface area (Å²) in [4.78, 5) is 25.2. The number of nitrogens with one attached hydrogen (secondary N) is 3. The number of amides is 2. The maximum atomic E-state index is 12.5. The molecule has 0 spiro atoms. The summed E-state index contributed by atoms with van der Waals surface area (Å²) in [6.45, 7) is 5.28. The van der Waals surface area contributed by atoms with E-state index in [4.69, 9.17) is 0 Å². The van der Waals surface area contributed by atoms with E-state index in [0.717, 1.165) is 11.4 Å². The van der Waals surface area contributed by atoms with Crippen molar-refractivity contribution in [1.82, 2.24) is 16.0 Å². The van der Waals surface area contributed by atoms with Crippen molar-refractivity contribution >= 4 is 23.6 Å². The minimum absolute atomic E-state index is 0.0159. The van der Waals surface area contributed by atoms with Gasteiger partial charge in [0.1, 0.15) is 0 Å².